The molecule has 0 aromatic heterocycles. The molecule has 7 heteroatoms. The first-order chi connectivity index (χ1) is 11.6. The molecule has 1 amide bonds. The van der Waals surface area contributed by atoms with E-state index in [2.05, 4.69) is 26.1 Å². The van der Waals surface area contributed by atoms with E-state index in [1.807, 2.05) is 24.3 Å². The van der Waals surface area contributed by atoms with Crippen LogP contribution in [0.4, 0.5) is 10.5 Å². The highest BCUT2D eigenvalue weighted by molar-refractivity contribution is 9.10. The first-order valence-corrected chi connectivity index (χ1v) is 9.05. The minimum absolute atomic E-state index is 0.436. The normalized spacial score (nSPS) is 16.9. The lowest BCUT2D eigenvalue weighted by atomic mass is 9.87. The number of methoxy groups -OCH3 is 1. The van der Waals surface area contributed by atoms with Gasteiger partial charge in [-0.05, 0) is 57.9 Å². The zero-order valence-corrected chi connectivity index (χ0v) is 16.7. The van der Waals surface area contributed by atoms with Crippen LogP contribution in [-0.4, -0.2) is 43.4 Å². The maximum atomic E-state index is 12.4. The molecule has 0 saturated carbocycles. The molecule has 1 N–H and O–H groups in total. The number of nitrogens with zero attached hydrogens (tertiary/aromatic N) is 1. The van der Waals surface area contributed by atoms with Gasteiger partial charge in [0.1, 0.15) is 11.1 Å². The highest BCUT2D eigenvalue weighted by atomic mass is 79.9. The summed E-state index contributed by atoms with van der Waals surface area (Å²) in [5, 5.41) is 2.75. The molecule has 0 spiro atoms. The molecule has 25 heavy (non-hydrogen) atoms. The fourth-order valence-electron chi connectivity index (χ4n) is 2.87. The van der Waals surface area contributed by atoms with Gasteiger partial charge in [-0.3, -0.25) is 0 Å². The predicted molar refractivity (Wildman–Crippen MR) is 99.7 cm³/mol. The van der Waals surface area contributed by atoms with E-state index in [0.717, 1.165) is 10.2 Å². The van der Waals surface area contributed by atoms with Gasteiger partial charge in [0.15, 0.2) is 0 Å². The monoisotopic (exact) mass is 412 g/mol. The van der Waals surface area contributed by atoms with Crippen LogP contribution in [0.3, 0.4) is 0 Å². The topological polar surface area (TPSA) is 67.9 Å². The van der Waals surface area contributed by atoms with Crippen LogP contribution >= 0.6 is 15.9 Å². The van der Waals surface area contributed by atoms with E-state index in [-0.39, 0.29) is 0 Å². The molecular weight excluding hydrogens is 388 g/mol. The smallest absolute Gasteiger partial charge is 0.408 e. The summed E-state index contributed by atoms with van der Waals surface area (Å²) in [6, 6.07) is 8.01. The van der Waals surface area contributed by atoms with Gasteiger partial charge in [-0.15, -0.1) is 0 Å². The highest BCUT2D eigenvalue weighted by Crippen LogP contribution is 2.29. The van der Waals surface area contributed by atoms with E-state index < -0.39 is 23.2 Å². The lowest BCUT2D eigenvalue weighted by Gasteiger charge is -2.41. The van der Waals surface area contributed by atoms with E-state index in [1.54, 1.807) is 20.8 Å². The number of ether oxygens (including phenoxy) is 2. The predicted octanol–water partition coefficient (Wildman–Crippen LogP) is 3.49. The number of alkyl carbamates (subject to hydrolysis) is 1. The van der Waals surface area contributed by atoms with E-state index >= 15 is 0 Å². The summed E-state index contributed by atoms with van der Waals surface area (Å²) in [5.74, 6) is -0.436. The number of halogens is 1. The van der Waals surface area contributed by atoms with Crippen molar-refractivity contribution in [2.45, 2.75) is 44.8 Å². The summed E-state index contributed by atoms with van der Waals surface area (Å²) < 4.78 is 11.3. The second-order valence-electron chi connectivity index (χ2n) is 7.16. The van der Waals surface area contributed by atoms with Crippen LogP contribution in [0.25, 0.3) is 0 Å². The third-order valence-corrected chi connectivity index (χ3v) is 4.65. The van der Waals surface area contributed by atoms with Crippen molar-refractivity contribution in [2.75, 3.05) is 25.1 Å². The largest absolute Gasteiger partial charge is 0.467 e. The number of nitrogens with one attached hydrogen (secondary N) is 1. The van der Waals surface area contributed by atoms with E-state index in [1.165, 1.54) is 7.11 Å². The quantitative estimate of drug-likeness (QED) is 0.769. The Morgan fingerprint density at radius 2 is 1.72 bits per heavy atom. The number of carbonyl (C=O) groups excluding carboxylic acids is 2. The molecule has 1 saturated heterocycles. The van der Waals surface area contributed by atoms with Crippen LogP contribution in [0.2, 0.25) is 0 Å². The Hall–Kier alpha value is -1.76. The zero-order valence-electron chi connectivity index (χ0n) is 15.1. The number of amides is 1. The first-order valence-electron chi connectivity index (χ1n) is 8.25. The average Bonchev–Trinajstić information content (AvgIpc) is 2.53. The number of piperidine rings is 1. The average molecular weight is 413 g/mol. The summed E-state index contributed by atoms with van der Waals surface area (Å²) in [6.45, 7) is 6.62. The molecule has 6 nitrogen and oxygen atoms in total. The van der Waals surface area contributed by atoms with Crippen LogP contribution in [0.15, 0.2) is 28.7 Å². The lowest BCUT2D eigenvalue weighted by molar-refractivity contribution is -0.149. The molecule has 0 bridgehead atoms. The molecule has 0 unspecified atom stereocenters. The summed E-state index contributed by atoms with van der Waals surface area (Å²) in [4.78, 5) is 26.7. The molecular formula is C18H25BrN2O4. The van der Waals surface area contributed by atoms with Crippen LogP contribution < -0.4 is 10.2 Å². The van der Waals surface area contributed by atoms with Crippen molar-refractivity contribution >= 4 is 33.7 Å². The van der Waals surface area contributed by atoms with Gasteiger partial charge in [0.25, 0.3) is 0 Å². The van der Waals surface area contributed by atoms with Crippen molar-refractivity contribution in [2.24, 2.45) is 0 Å². The number of anilines is 1. The van der Waals surface area contributed by atoms with Gasteiger partial charge in [0, 0.05) is 23.2 Å². The van der Waals surface area contributed by atoms with Gasteiger partial charge in [-0.1, -0.05) is 15.9 Å². The van der Waals surface area contributed by atoms with Crippen molar-refractivity contribution in [3.8, 4) is 0 Å². The minimum Gasteiger partial charge on any atom is -0.467 e. The third-order valence-electron chi connectivity index (χ3n) is 4.13. The summed E-state index contributed by atoms with van der Waals surface area (Å²) in [6.07, 6.45) is 0.305. The van der Waals surface area contributed by atoms with Crippen molar-refractivity contribution in [3.05, 3.63) is 28.7 Å². The number of esters is 1. The van der Waals surface area contributed by atoms with Crippen molar-refractivity contribution in [1.82, 2.24) is 5.32 Å². The van der Waals surface area contributed by atoms with E-state index in [0.29, 0.717) is 25.9 Å². The zero-order chi connectivity index (χ0) is 18.7. The molecule has 0 aliphatic carbocycles. The number of rotatable bonds is 3. The van der Waals surface area contributed by atoms with E-state index in [4.69, 9.17) is 9.47 Å². The van der Waals surface area contributed by atoms with Crippen LogP contribution in [0.5, 0.6) is 0 Å². The molecule has 1 fully saturated rings. The SMILES string of the molecule is COC(=O)C1(NC(=O)OC(C)(C)C)CCN(c2ccc(Br)cc2)CC1. The molecule has 0 atom stereocenters. The highest BCUT2D eigenvalue weighted by Gasteiger charge is 2.44. The molecule has 0 radical (unpaired) electrons. The van der Waals surface area contributed by atoms with Crippen molar-refractivity contribution in [3.63, 3.8) is 0 Å². The first kappa shape index (κ1) is 19.6. The maximum Gasteiger partial charge on any atom is 0.408 e. The molecule has 1 heterocycles. The lowest BCUT2D eigenvalue weighted by Crippen LogP contribution is -2.61. The number of hydrogen-bond acceptors (Lipinski definition) is 5. The Kier molecular flexibility index (Phi) is 5.98. The molecule has 1 aromatic carbocycles. The summed E-state index contributed by atoms with van der Waals surface area (Å²) in [5.41, 5.74) is -0.596. The second-order valence-corrected chi connectivity index (χ2v) is 8.08. The van der Waals surface area contributed by atoms with Crippen molar-refractivity contribution in [1.29, 1.82) is 0 Å². The third kappa shape index (κ3) is 5.11. The van der Waals surface area contributed by atoms with Gasteiger partial charge in [0.2, 0.25) is 0 Å². The number of benzene rings is 1. The Labute approximate surface area is 157 Å². The number of hydrogen-bond donors (Lipinski definition) is 1. The fourth-order valence-corrected chi connectivity index (χ4v) is 3.14. The molecule has 2 rings (SSSR count). The van der Waals surface area contributed by atoms with Gasteiger partial charge >= 0.3 is 12.1 Å². The molecule has 1 aromatic rings. The second kappa shape index (κ2) is 7.64. The molecule has 1 aliphatic heterocycles. The Balaban J connectivity index is 2.09. The van der Waals surface area contributed by atoms with Crippen LogP contribution in [0, 0.1) is 0 Å². The Bertz CT molecular complexity index is 617. The molecule has 138 valence electrons. The Morgan fingerprint density at radius 1 is 1.16 bits per heavy atom. The number of carbonyl (C=O) groups is 2. The fraction of sp³-hybridized carbons (Fsp3) is 0.556. The van der Waals surface area contributed by atoms with Crippen LogP contribution in [0.1, 0.15) is 33.6 Å². The minimum atomic E-state index is -1.05. The van der Waals surface area contributed by atoms with Gasteiger partial charge in [-0.2, -0.15) is 0 Å². The Morgan fingerprint density at radius 3 is 2.20 bits per heavy atom. The van der Waals surface area contributed by atoms with Gasteiger partial charge < -0.3 is 19.7 Å². The molecule has 1 aliphatic rings. The maximum absolute atomic E-state index is 12.4. The van der Waals surface area contributed by atoms with Gasteiger partial charge in [-0.25, -0.2) is 9.59 Å². The van der Waals surface area contributed by atoms with Gasteiger partial charge in [0.05, 0.1) is 7.11 Å². The van der Waals surface area contributed by atoms with Crippen molar-refractivity contribution < 1.29 is 19.1 Å². The standard InChI is InChI=1S/C18H25BrN2O4/c1-17(2,3)25-16(23)20-18(15(22)24-4)9-11-21(12-10-18)14-7-5-13(19)6-8-14/h5-8H,9-12H2,1-4H3,(H,20,23). The summed E-state index contributed by atoms with van der Waals surface area (Å²) >= 11 is 3.43. The van der Waals surface area contributed by atoms with Crippen LogP contribution in [-0.2, 0) is 14.3 Å². The summed E-state index contributed by atoms with van der Waals surface area (Å²) in [7, 11) is 1.34. The van der Waals surface area contributed by atoms with E-state index in [9.17, 15) is 9.59 Å².